The zero-order valence-corrected chi connectivity index (χ0v) is 64.2. The molecule has 0 saturated carbocycles. The molecular weight excluding hydrogens is 1440 g/mol. The van der Waals surface area contributed by atoms with Crippen LogP contribution in [0.3, 0.4) is 0 Å². The van der Waals surface area contributed by atoms with Crippen molar-refractivity contribution < 1.29 is 64.6 Å². The van der Waals surface area contributed by atoms with Crippen LogP contribution in [-0.4, -0.2) is 298 Å². The van der Waals surface area contributed by atoms with E-state index in [1.54, 1.807) is 38.1 Å². The molecule has 0 aromatic carbocycles. The van der Waals surface area contributed by atoms with Gasteiger partial charge in [0.05, 0.1) is 18.3 Å². The summed E-state index contributed by atoms with van der Waals surface area (Å²) in [5, 5.41) is 91.2. The average Bonchev–Trinajstić information content (AvgIpc) is 1.69. The van der Waals surface area contributed by atoms with Crippen molar-refractivity contribution in [1.82, 2.24) is 54.2 Å². The Hall–Kier alpha value is -3.45. The Bertz CT molecular complexity index is 3870. The maximum atomic E-state index is 12.1. The summed E-state index contributed by atoms with van der Waals surface area (Å²) in [5.74, 6) is -0.165. The average molecular weight is 1540 g/mol. The fourth-order valence-corrected chi connectivity index (χ4v) is 15.7. The van der Waals surface area contributed by atoms with Crippen molar-refractivity contribution in [3.05, 3.63) is 108 Å². The van der Waals surface area contributed by atoms with E-state index < -0.39 is 143 Å². The molecule has 4 fully saturated rings. The van der Waals surface area contributed by atoms with E-state index in [9.17, 15) is 69.6 Å². The predicted octanol–water partition coefficient (Wildman–Crippen LogP) is -1.45. The summed E-state index contributed by atoms with van der Waals surface area (Å²) in [6, 6.07) is 0. The van der Waals surface area contributed by atoms with Gasteiger partial charge >= 0.3 is 156 Å². The molecule has 0 spiro atoms. The van der Waals surface area contributed by atoms with E-state index in [0.29, 0.717) is 60.2 Å². The van der Waals surface area contributed by atoms with Crippen molar-refractivity contribution in [3.8, 4) is 0 Å². The van der Waals surface area contributed by atoms with Crippen LogP contribution in [0.15, 0.2) is 48.8 Å². The van der Waals surface area contributed by atoms with Crippen molar-refractivity contribution >= 4 is 104 Å². The van der Waals surface area contributed by atoms with Crippen LogP contribution in [0, 0.1) is 9.54 Å². The molecule has 4 saturated heterocycles. The normalized spacial score (nSPS) is 27.3. The molecule has 1 radical (unpaired) electrons. The number of Topliss-reactive ketones (excluding diaryl/α,β-unsaturated/α-hetero) is 1. The van der Waals surface area contributed by atoms with E-state index >= 15 is 0 Å². The summed E-state index contributed by atoms with van der Waals surface area (Å²) in [7, 11) is 5.15. The second-order valence-electron chi connectivity index (χ2n) is 27.7. The number of aromatic amines is 3. The van der Waals surface area contributed by atoms with E-state index in [2.05, 4.69) is 130 Å². The van der Waals surface area contributed by atoms with Gasteiger partial charge in [-0.2, -0.15) is 0 Å². The zero-order chi connectivity index (χ0) is 73.1. The molecular formula is C61H102N11O18P4S2Se. The molecule has 0 unspecified atom stereocenters. The molecule has 4 aliphatic heterocycles. The fourth-order valence-electron chi connectivity index (χ4n) is 10.9. The molecule has 547 valence electrons. The molecule has 0 aliphatic carbocycles. The number of ether oxygens (including phenoxy) is 4. The van der Waals surface area contributed by atoms with E-state index in [-0.39, 0.29) is 45.0 Å². The van der Waals surface area contributed by atoms with E-state index in [1.807, 2.05) is 0 Å². The Labute approximate surface area is 583 Å². The van der Waals surface area contributed by atoms with Gasteiger partial charge in [0, 0.05) is 54.8 Å². The third kappa shape index (κ3) is 24.1. The number of aliphatic hydroxyl groups excluding tert-OH is 8. The molecule has 29 nitrogen and oxygen atoms in total. The number of hydrogen-bond acceptors (Lipinski definition) is 24. The van der Waals surface area contributed by atoms with Gasteiger partial charge in [-0.25, -0.2) is 4.79 Å². The Morgan fingerprint density at radius 2 is 0.763 bits per heavy atom. The SMILES string of the molecule is C=P(C)(C)CC[C@H]1O[C@@H](n2cc(CC(C)=O)c(=O)[nH]c2=S)[C@H](O)[C@@H]1O.C=P(C)(C)CC[C@H]1O[C@@H](n2cc(CNC)c(=O)[nH]c2=O)[C@H](O)[C@@H]1O.C=P(C)(C)CC[C@H]1O[C@@H](n2cc(CNC)c(=O)[nH]c2=S)[C@H](O)[C@@H]1O.C=P(C)(C)CC[C@H]1O[C@@H](n2cc(CNC)c(=O)nc2[Se])[C@H](O)[C@@H]1O. The molecule has 4 aliphatic rings. The van der Waals surface area contributed by atoms with Gasteiger partial charge in [0.1, 0.15) is 42.4 Å². The van der Waals surface area contributed by atoms with Crippen molar-refractivity contribution in [2.24, 2.45) is 0 Å². The van der Waals surface area contributed by atoms with Crippen LogP contribution in [0.25, 0.3) is 0 Å². The molecule has 14 N–H and O–H groups in total. The molecule has 97 heavy (non-hydrogen) atoms. The third-order valence-corrected chi connectivity index (χ3v) is 23.3. The van der Waals surface area contributed by atoms with Gasteiger partial charge in [0.2, 0.25) is 0 Å². The molecule has 36 heteroatoms. The number of carbonyl (C=O) groups is 1. The molecule has 4 aromatic heterocycles. The Morgan fingerprint density at radius 3 is 1.09 bits per heavy atom. The van der Waals surface area contributed by atoms with E-state index in [0.717, 1.165) is 29.2 Å². The second kappa shape index (κ2) is 36.1. The molecule has 8 heterocycles. The van der Waals surface area contributed by atoms with Gasteiger partial charge in [-0.05, 0) is 123 Å². The van der Waals surface area contributed by atoms with Gasteiger partial charge in [-0.15, -0.1) is 39.6 Å². The van der Waals surface area contributed by atoms with Gasteiger partial charge < -0.3 is 55.5 Å². The number of nitrogens with one attached hydrogen (secondary N) is 6. The van der Waals surface area contributed by atoms with Gasteiger partial charge in [-0.1, -0.05) is 0 Å². The first kappa shape index (κ1) is 84.2. The van der Waals surface area contributed by atoms with Crippen molar-refractivity contribution in [1.29, 1.82) is 0 Å². The Balaban J connectivity index is 0.000000234. The van der Waals surface area contributed by atoms with Crippen LogP contribution in [0.4, 0.5) is 0 Å². The minimum absolute atomic E-state index is 0.0417. The van der Waals surface area contributed by atoms with E-state index in [1.165, 1.54) is 28.5 Å². The quantitative estimate of drug-likeness (QED) is 0.0217. The van der Waals surface area contributed by atoms with Crippen LogP contribution in [-0.2, 0) is 49.8 Å². The minimum atomic E-state index is -1.29. The first-order valence-electron chi connectivity index (χ1n) is 31.4. The van der Waals surface area contributed by atoms with Crippen LogP contribution >= 0.6 is 52.0 Å². The number of aliphatic hydroxyl groups is 8. The van der Waals surface area contributed by atoms with E-state index in [4.69, 9.17) is 43.4 Å². The number of H-pyrrole nitrogens is 3. The topological polar surface area (TPSA) is 417 Å². The predicted molar refractivity (Wildman–Crippen MR) is 395 cm³/mol. The summed E-state index contributed by atoms with van der Waals surface area (Å²) in [5.41, 5.74) is -0.693. The van der Waals surface area contributed by atoms with Crippen LogP contribution < -0.4 is 48.6 Å². The first-order valence-corrected chi connectivity index (χ1v) is 45.3. The number of rotatable bonds is 24. The summed E-state index contributed by atoms with van der Waals surface area (Å²) >= 11 is 13.1. The number of aromatic nitrogens is 8. The summed E-state index contributed by atoms with van der Waals surface area (Å²) in [6.45, 7) is 14.1. The number of hydrogen-bond donors (Lipinski definition) is 14. The van der Waals surface area contributed by atoms with Gasteiger partial charge in [0.25, 0.3) is 16.7 Å². The fraction of sp³-hybridized carbons (Fsp3) is 0.656. The van der Waals surface area contributed by atoms with Crippen molar-refractivity contribution in [2.75, 3.05) is 99.1 Å². The molecule has 8 rings (SSSR count). The van der Waals surface area contributed by atoms with Crippen molar-refractivity contribution in [2.45, 2.75) is 157 Å². The Morgan fingerprint density at radius 1 is 0.485 bits per heavy atom. The first-order chi connectivity index (χ1) is 44.9. The summed E-state index contributed by atoms with van der Waals surface area (Å²) in [6.07, 6.45) is 13.9. The molecule has 0 amide bonds. The summed E-state index contributed by atoms with van der Waals surface area (Å²) in [4.78, 5) is 82.1. The summed E-state index contributed by atoms with van der Waals surface area (Å²) < 4.78 is 29.5. The van der Waals surface area contributed by atoms with Gasteiger partial charge in [0.15, 0.2) is 28.2 Å². The molecule has 4 aromatic rings. The van der Waals surface area contributed by atoms with Crippen molar-refractivity contribution in [3.63, 3.8) is 0 Å². The van der Waals surface area contributed by atoms with Crippen LogP contribution in [0.1, 0.15) is 79.8 Å². The molecule has 16 atom stereocenters. The van der Waals surface area contributed by atoms with Crippen LogP contribution in [0.2, 0.25) is 0 Å². The Kier molecular flexibility index (Phi) is 31.4. The monoisotopic (exact) mass is 1540 g/mol. The van der Waals surface area contributed by atoms with Gasteiger partial charge in [-0.3, -0.25) is 47.8 Å². The maximum absolute atomic E-state index is 12.1. The van der Waals surface area contributed by atoms with Crippen LogP contribution in [0.5, 0.6) is 0 Å². The third-order valence-electron chi connectivity index (χ3n) is 16.2. The number of nitrogens with zero attached hydrogens (tertiary/aromatic N) is 5. The number of carbonyl (C=O) groups excluding carboxylic acids is 1. The number of ketones is 1. The second-order valence-corrected chi connectivity index (χ2v) is 46.5. The zero-order valence-electron chi connectivity index (χ0n) is 57.3. The standard InChI is InChI=1S/C16H25N2O5PS.C15H26N3O5P.C15H26N3O4PS.C15H25N3O4PSe/c1-9(19)7-10-8-18(16(25)17-14(10)22)15-13(21)12(20)11(23-15)5-6-24(2,3)4;1-16-7-9-8-18(15(22)17-13(9)21)14-12(20)11(19)10(23-14)5-6-24(2,3)4;2*1-16-7-9-8-18(15(24)17-13(9)21)14-12(20)11(19)10(22-14)5-6-23(2,3)4/h8,11-13,15,20-21H,2,5-7H2,1,3-4H3,(H,17,22,25);8,10-12,14,16,19-20H,2,5-7H2,1,3-4H3,(H,17,21,22);8,10-12,14,16,19-20H,2,5-7H2,1,3-4H3,(H,17,21,24);8,10-12,14,16,19-20H,2,5-7H2,1,3-4H3/t11-,12-,13-,15-;3*10-,11-,12-,14-/m1111/s1. The molecule has 0 bridgehead atoms.